The minimum absolute atomic E-state index is 0.653. The quantitative estimate of drug-likeness (QED) is 0.249. The molecule has 0 heterocycles. The molecule has 72 heavy (non-hydrogen) atoms. The molecule has 0 spiro atoms. The lowest BCUT2D eigenvalue weighted by Crippen LogP contribution is -2.13. The second kappa shape index (κ2) is 36.2. The number of hydrogen-bond donors (Lipinski definition) is 0. The van der Waals surface area contributed by atoms with Gasteiger partial charge in [-0.2, -0.15) is 0 Å². The maximum atomic E-state index is 2.42. The third kappa shape index (κ3) is 29.7. The fourth-order valence-electron chi connectivity index (χ4n) is 14.9. The van der Waals surface area contributed by atoms with E-state index in [1.54, 1.807) is 0 Å². The second-order valence-corrected chi connectivity index (χ2v) is 31.2. The summed E-state index contributed by atoms with van der Waals surface area (Å²) >= 11 is 0. The van der Waals surface area contributed by atoms with Crippen LogP contribution >= 0.6 is 0 Å². The van der Waals surface area contributed by atoms with E-state index in [2.05, 4.69) is 145 Å². The van der Waals surface area contributed by atoms with E-state index >= 15 is 0 Å². The fraction of sp³-hybridized carbons (Fsp3) is 1.00. The maximum Gasteiger partial charge on any atom is -0.0328 e. The largest absolute Gasteiger partial charge is 0.0654 e. The molecule has 0 heteroatoms. The van der Waals surface area contributed by atoms with E-state index < -0.39 is 0 Å². The lowest BCUT2D eigenvalue weighted by atomic mass is 9.83. The van der Waals surface area contributed by atoms with Crippen molar-refractivity contribution in [1.82, 2.24) is 0 Å². The van der Waals surface area contributed by atoms with Crippen LogP contribution in [-0.2, 0) is 0 Å². The summed E-state index contributed by atoms with van der Waals surface area (Å²) in [5.41, 5.74) is 3.44. The van der Waals surface area contributed by atoms with Gasteiger partial charge in [-0.3, -0.25) is 0 Å². The van der Waals surface area contributed by atoms with Crippen molar-refractivity contribution in [1.29, 1.82) is 0 Å². The second-order valence-electron chi connectivity index (χ2n) is 31.2. The van der Waals surface area contributed by atoms with E-state index in [1.165, 1.54) is 225 Å². The van der Waals surface area contributed by atoms with E-state index in [9.17, 15) is 0 Å². The third-order valence-electron chi connectivity index (χ3n) is 22.7. The summed E-state index contributed by atoms with van der Waals surface area (Å²) in [4.78, 5) is 0. The van der Waals surface area contributed by atoms with Crippen LogP contribution in [0.1, 0.15) is 370 Å². The molecule has 9 saturated carbocycles. The van der Waals surface area contributed by atoms with Crippen molar-refractivity contribution in [2.45, 2.75) is 370 Å². The molecule has 0 aromatic carbocycles. The lowest BCUT2D eigenvalue weighted by molar-refractivity contribution is 0.281. The SMILES string of the molecule is CC(C)C1CCCC1.CC1CC(C)C(C)C1.CC1CCCC1(C)C.CCC1(C)CCCC1.CCC1(C)CCCC1.CCC1CCCC1C.CCCC1CCCC1.C[C@H]1CCC(C)(C)C1.C[C@H]1CCCC1(C)C. The van der Waals surface area contributed by atoms with Crippen LogP contribution in [0.2, 0.25) is 0 Å². The highest BCUT2D eigenvalue weighted by molar-refractivity contribution is 4.83. The van der Waals surface area contributed by atoms with Gasteiger partial charge in [-0.25, -0.2) is 0 Å². The topological polar surface area (TPSA) is 0 Å². The van der Waals surface area contributed by atoms with Crippen molar-refractivity contribution in [3.8, 4) is 0 Å². The standard InChI is InChI=1S/9C8H16/c1-6-4-7(2)8(3)5-6;1-7-4-5-8(2,3)6-7;2*1-7-5-4-6-8(7,2)3;1-7(2)8-5-3-4-6-8;2*1-3-8(2)6-4-5-7-8;1-3-8-6-4-5-7(8)2;1-2-5-8-6-3-4-7-8/h6-8H,4-5H2,1-3H3;3*7H,4-6H2,1-3H3;7-8H,3-6H2,1-2H3;2*3-7H2,1-2H3;7-8H,3-6H2,1-2H3;8H,2-7H2,1H3/t;2*7-;;;;;;/m.00....../s1. The predicted octanol–water partition coefficient (Wildman–Crippen LogP) is 25.8. The summed E-state index contributed by atoms with van der Waals surface area (Å²) in [6.45, 7) is 49.6. The monoisotopic (exact) mass is 1010 g/mol. The molecule has 0 nitrogen and oxygen atoms in total. The van der Waals surface area contributed by atoms with Crippen LogP contribution in [0.3, 0.4) is 0 Å². The third-order valence-corrected chi connectivity index (χ3v) is 22.7. The molecule has 0 bridgehead atoms. The van der Waals surface area contributed by atoms with E-state index in [0.717, 1.165) is 75.9 Å². The van der Waals surface area contributed by atoms with Gasteiger partial charge < -0.3 is 0 Å². The fourth-order valence-corrected chi connectivity index (χ4v) is 14.9. The van der Waals surface area contributed by atoms with Crippen molar-refractivity contribution >= 4 is 0 Å². The molecule has 0 radical (unpaired) electrons. The van der Waals surface area contributed by atoms with E-state index in [4.69, 9.17) is 0 Å². The van der Waals surface area contributed by atoms with Crippen molar-refractivity contribution in [2.24, 2.45) is 92.2 Å². The van der Waals surface area contributed by atoms with Crippen molar-refractivity contribution < 1.29 is 0 Å². The lowest BCUT2D eigenvalue weighted by Gasteiger charge is -2.22. The highest BCUT2D eigenvalue weighted by atomic mass is 14.4. The Hall–Kier alpha value is 0. The maximum absolute atomic E-state index is 2.42. The molecule has 9 rings (SSSR count). The van der Waals surface area contributed by atoms with Crippen LogP contribution in [0.5, 0.6) is 0 Å². The molecule has 0 saturated heterocycles. The summed E-state index contributed by atoms with van der Waals surface area (Å²) in [7, 11) is 0. The molecular formula is C72H144. The van der Waals surface area contributed by atoms with Crippen LogP contribution in [0.25, 0.3) is 0 Å². The average Bonchev–Trinajstić information content (AvgIpc) is 4.18. The first-order valence-electron chi connectivity index (χ1n) is 33.7. The van der Waals surface area contributed by atoms with Gasteiger partial charge in [0.2, 0.25) is 0 Å². The van der Waals surface area contributed by atoms with Crippen LogP contribution < -0.4 is 0 Å². The van der Waals surface area contributed by atoms with Crippen molar-refractivity contribution in [3.63, 3.8) is 0 Å². The van der Waals surface area contributed by atoms with Crippen molar-refractivity contribution in [2.75, 3.05) is 0 Å². The van der Waals surface area contributed by atoms with Crippen LogP contribution in [0.15, 0.2) is 0 Å². The average molecular weight is 1010 g/mol. The molecule has 0 aromatic rings. The molecule has 0 N–H and O–H groups in total. The van der Waals surface area contributed by atoms with Crippen LogP contribution in [-0.4, -0.2) is 0 Å². The Balaban J connectivity index is 0.000000405. The first-order chi connectivity index (χ1) is 33.7. The molecule has 0 amide bonds. The first kappa shape index (κ1) is 70.0. The van der Waals surface area contributed by atoms with Gasteiger partial charge in [-0.1, -0.05) is 306 Å². The Morgan fingerprint density at radius 1 is 0.403 bits per heavy atom. The Labute approximate surface area is 460 Å². The minimum Gasteiger partial charge on any atom is -0.0654 e. The Morgan fingerprint density at radius 3 is 1.01 bits per heavy atom. The molecule has 0 aliphatic heterocycles. The van der Waals surface area contributed by atoms with Gasteiger partial charge in [0.15, 0.2) is 0 Å². The van der Waals surface area contributed by atoms with Gasteiger partial charge in [-0.05, 0) is 156 Å². The highest BCUT2D eigenvalue weighted by Gasteiger charge is 2.32. The normalized spacial score (nSPS) is 32.2. The van der Waals surface area contributed by atoms with Crippen LogP contribution in [0, 0.1) is 92.2 Å². The summed E-state index contributed by atoms with van der Waals surface area (Å²) < 4.78 is 0. The Morgan fingerprint density at radius 2 is 0.833 bits per heavy atom. The van der Waals surface area contributed by atoms with Crippen LogP contribution in [0.4, 0.5) is 0 Å². The zero-order valence-electron chi connectivity index (χ0n) is 54.6. The molecule has 0 aromatic heterocycles. The zero-order valence-corrected chi connectivity index (χ0v) is 54.6. The number of rotatable bonds is 6. The molecule has 432 valence electrons. The molecule has 5 unspecified atom stereocenters. The van der Waals surface area contributed by atoms with Gasteiger partial charge in [0.1, 0.15) is 0 Å². The highest BCUT2D eigenvalue weighted by Crippen LogP contribution is 2.44. The molecule has 9 aliphatic carbocycles. The summed E-state index contributed by atoms with van der Waals surface area (Å²) in [5, 5.41) is 0. The summed E-state index contributed by atoms with van der Waals surface area (Å²) in [5.74, 6) is 11.1. The number of hydrogen-bond acceptors (Lipinski definition) is 0. The predicted molar refractivity (Wildman–Crippen MR) is 331 cm³/mol. The van der Waals surface area contributed by atoms with E-state index in [0.29, 0.717) is 16.2 Å². The van der Waals surface area contributed by atoms with Gasteiger partial charge >= 0.3 is 0 Å². The zero-order chi connectivity index (χ0) is 54.6. The molecule has 9 aliphatic rings. The molecule has 9 fully saturated rings. The van der Waals surface area contributed by atoms with Gasteiger partial charge in [0, 0.05) is 0 Å². The van der Waals surface area contributed by atoms with Gasteiger partial charge in [0.05, 0.1) is 0 Å². The molecular weight excluding hydrogens is 865 g/mol. The van der Waals surface area contributed by atoms with Gasteiger partial charge in [0.25, 0.3) is 0 Å². The summed E-state index contributed by atoms with van der Waals surface area (Å²) in [6, 6.07) is 0. The van der Waals surface area contributed by atoms with E-state index in [1.807, 2.05) is 0 Å². The van der Waals surface area contributed by atoms with Gasteiger partial charge in [-0.15, -0.1) is 0 Å². The first-order valence-corrected chi connectivity index (χ1v) is 33.7. The smallest absolute Gasteiger partial charge is 0.0328 e. The molecule has 7 atom stereocenters. The Bertz CT molecular complexity index is 1190. The van der Waals surface area contributed by atoms with Crippen molar-refractivity contribution in [3.05, 3.63) is 0 Å². The van der Waals surface area contributed by atoms with E-state index in [-0.39, 0.29) is 0 Å². The minimum atomic E-state index is 0.653. The summed E-state index contributed by atoms with van der Waals surface area (Å²) in [6.07, 6.45) is 51.3. The Kier molecular flexibility index (Phi) is 35.2.